The van der Waals surface area contributed by atoms with Crippen LogP contribution < -0.4 is 9.80 Å². The van der Waals surface area contributed by atoms with Gasteiger partial charge in [0.05, 0.1) is 17.1 Å². The maximum atomic E-state index is 12.4. The topological polar surface area (TPSA) is 39.9 Å². The number of fused-ring (bicyclic) bond motifs is 3. The summed E-state index contributed by atoms with van der Waals surface area (Å²) < 4.78 is 6.49. The Kier molecular flexibility index (Phi) is 6.93. The van der Waals surface area contributed by atoms with E-state index in [1.165, 1.54) is 0 Å². The zero-order valence-electron chi connectivity index (χ0n) is 25.0. The van der Waals surface area contributed by atoms with E-state index >= 15 is 0 Å². The molecule has 0 radical (unpaired) electrons. The number of para-hydroxylation sites is 5. The van der Waals surface area contributed by atoms with Gasteiger partial charge < -0.3 is 19.3 Å². The monoisotopic (exact) mass is 594 g/mol. The average molecular weight is 595 g/mol. The minimum absolute atomic E-state index is 0.147. The normalized spacial score (nSPS) is 11.1. The molecule has 0 fully saturated rings. The highest BCUT2D eigenvalue weighted by Gasteiger charge is 2.25. The molecule has 8 aromatic rings. The van der Waals surface area contributed by atoms with Crippen LogP contribution in [-0.2, 0) is 0 Å². The lowest BCUT2D eigenvalue weighted by Gasteiger charge is -2.30. The number of anilines is 6. The molecule has 220 valence electrons. The fraction of sp³-hybridized carbons (Fsp3) is 0. The van der Waals surface area contributed by atoms with Crippen molar-refractivity contribution < 1.29 is 9.52 Å². The molecule has 0 atom stereocenters. The van der Waals surface area contributed by atoms with Gasteiger partial charge in [0, 0.05) is 27.8 Å². The van der Waals surface area contributed by atoms with Crippen LogP contribution in [0.3, 0.4) is 0 Å². The molecule has 1 N–H and O–H groups in total. The molecular weight excluding hydrogens is 564 g/mol. The van der Waals surface area contributed by atoms with E-state index in [0.717, 1.165) is 55.8 Å². The summed E-state index contributed by atoms with van der Waals surface area (Å²) in [4.78, 5) is 4.18. The van der Waals surface area contributed by atoms with Crippen LogP contribution in [0.15, 0.2) is 180 Å². The Morgan fingerprint density at radius 3 is 1.63 bits per heavy atom. The van der Waals surface area contributed by atoms with Crippen LogP contribution in [0.4, 0.5) is 34.1 Å². The lowest BCUT2D eigenvalue weighted by atomic mass is 10.0. The van der Waals surface area contributed by atoms with Gasteiger partial charge in [0.25, 0.3) is 0 Å². The number of phenols is 1. The Bertz CT molecular complexity index is 2280. The van der Waals surface area contributed by atoms with Crippen molar-refractivity contribution in [3.05, 3.63) is 176 Å². The number of benzene rings is 7. The SMILES string of the molecule is Oc1c(N(c2ccccc2)c2cccc(-c3ccccc3)c2)cccc1N(c1ccccc1)c1cccc2c1oc1ccccc12. The Balaban J connectivity index is 1.34. The van der Waals surface area contributed by atoms with Crippen molar-refractivity contribution in [2.75, 3.05) is 9.80 Å². The van der Waals surface area contributed by atoms with Gasteiger partial charge in [0.15, 0.2) is 11.3 Å². The molecule has 0 amide bonds. The highest BCUT2D eigenvalue weighted by molar-refractivity contribution is 6.10. The fourth-order valence-electron chi connectivity index (χ4n) is 6.23. The van der Waals surface area contributed by atoms with Crippen molar-refractivity contribution >= 4 is 56.1 Å². The number of rotatable bonds is 7. The van der Waals surface area contributed by atoms with Gasteiger partial charge in [-0.15, -0.1) is 0 Å². The van der Waals surface area contributed by atoms with Crippen LogP contribution in [0.25, 0.3) is 33.1 Å². The van der Waals surface area contributed by atoms with Crippen molar-refractivity contribution in [3.63, 3.8) is 0 Å². The summed E-state index contributed by atoms with van der Waals surface area (Å²) in [5, 5.41) is 14.4. The second kappa shape index (κ2) is 11.7. The molecule has 8 rings (SSSR count). The molecule has 46 heavy (non-hydrogen) atoms. The van der Waals surface area contributed by atoms with Crippen LogP contribution in [0, 0.1) is 0 Å². The average Bonchev–Trinajstić information content (AvgIpc) is 3.51. The molecule has 0 spiro atoms. The summed E-state index contributed by atoms with van der Waals surface area (Å²) in [6.45, 7) is 0. The van der Waals surface area contributed by atoms with Crippen LogP contribution in [0.2, 0.25) is 0 Å². The van der Waals surface area contributed by atoms with E-state index in [-0.39, 0.29) is 5.75 Å². The molecule has 0 bridgehead atoms. The number of aromatic hydroxyl groups is 1. The zero-order valence-corrected chi connectivity index (χ0v) is 25.0. The van der Waals surface area contributed by atoms with E-state index in [2.05, 4.69) is 70.5 Å². The van der Waals surface area contributed by atoms with Crippen molar-refractivity contribution in [2.24, 2.45) is 0 Å². The predicted molar refractivity (Wildman–Crippen MR) is 190 cm³/mol. The lowest BCUT2D eigenvalue weighted by Crippen LogP contribution is -2.14. The molecule has 0 aliphatic rings. The molecule has 7 aromatic carbocycles. The van der Waals surface area contributed by atoms with Gasteiger partial charge >= 0.3 is 0 Å². The van der Waals surface area contributed by atoms with Crippen molar-refractivity contribution in [2.45, 2.75) is 0 Å². The highest BCUT2D eigenvalue weighted by atomic mass is 16.3. The summed E-state index contributed by atoms with van der Waals surface area (Å²) in [5.41, 5.74) is 8.71. The second-order valence-corrected chi connectivity index (χ2v) is 11.2. The summed E-state index contributed by atoms with van der Waals surface area (Å²) >= 11 is 0. The first-order valence-corrected chi connectivity index (χ1v) is 15.3. The van der Waals surface area contributed by atoms with E-state index in [1.54, 1.807) is 0 Å². The minimum atomic E-state index is 0.147. The van der Waals surface area contributed by atoms with Gasteiger partial charge in [0.1, 0.15) is 5.58 Å². The largest absolute Gasteiger partial charge is 0.504 e. The Morgan fingerprint density at radius 1 is 0.391 bits per heavy atom. The van der Waals surface area contributed by atoms with Gasteiger partial charge in [-0.1, -0.05) is 115 Å². The molecular formula is C42H30N2O2. The maximum Gasteiger partial charge on any atom is 0.163 e. The number of phenolic OH excluding ortho intramolecular Hbond substituents is 1. The van der Waals surface area contributed by atoms with Gasteiger partial charge in [-0.25, -0.2) is 0 Å². The van der Waals surface area contributed by atoms with E-state index < -0.39 is 0 Å². The van der Waals surface area contributed by atoms with Gasteiger partial charge in [-0.05, 0) is 71.8 Å². The van der Waals surface area contributed by atoms with Gasteiger partial charge in [0.2, 0.25) is 0 Å². The summed E-state index contributed by atoms with van der Waals surface area (Å²) in [7, 11) is 0. The number of hydrogen-bond acceptors (Lipinski definition) is 4. The first-order chi connectivity index (χ1) is 22.8. The smallest absolute Gasteiger partial charge is 0.163 e. The highest BCUT2D eigenvalue weighted by Crippen LogP contribution is 2.50. The van der Waals surface area contributed by atoms with Crippen LogP contribution in [0.1, 0.15) is 0 Å². The van der Waals surface area contributed by atoms with E-state index in [4.69, 9.17) is 4.42 Å². The molecule has 0 unspecified atom stereocenters. The Labute approximate surface area is 267 Å². The van der Waals surface area contributed by atoms with E-state index in [1.807, 2.05) is 115 Å². The molecule has 1 aromatic heterocycles. The molecule has 4 nitrogen and oxygen atoms in total. The third-order valence-electron chi connectivity index (χ3n) is 8.34. The Hall–Kier alpha value is -6.26. The fourth-order valence-corrected chi connectivity index (χ4v) is 6.23. The number of furan rings is 1. The molecule has 0 aliphatic heterocycles. The molecule has 0 saturated carbocycles. The van der Waals surface area contributed by atoms with Crippen molar-refractivity contribution in [1.82, 2.24) is 0 Å². The minimum Gasteiger partial charge on any atom is -0.504 e. The first kappa shape index (κ1) is 27.3. The third-order valence-corrected chi connectivity index (χ3v) is 8.34. The molecule has 0 aliphatic carbocycles. The zero-order chi connectivity index (χ0) is 30.9. The number of nitrogens with zero attached hydrogens (tertiary/aromatic N) is 2. The number of hydrogen-bond donors (Lipinski definition) is 1. The molecule has 4 heteroatoms. The summed E-state index contributed by atoms with van der Waals surface area (Å²) in [6.07, 6.45) is 0. The van der Waals surface area contributed by atoms with E-state index in [0.29, 0.717) is 11.4 Å². The van der Waals surface area contributed by atoms with Gasteiger partial charge in [-0.2, -0.15) is 0 Å². The summed E-state index contributed by atoms with van der Waals surface area (Å²) in [6, 6.07) is 59.2. The van der Waals surface area contributed by atoms with E-state index in [9.17, 15) is 5.11 Å². The molecule has 0 saturated heterocycles. The van der Waals surface area contributed by atoms with Crippen LogP contribution in [-0.4, -0.2) is 5.11 Å². The third kappa shape index (κ3) is 4.83. The van der Waals surface area contributed by atoms with Crippen LogP contribution >= 0.6 is 0 Å². The molecule has 1 heterocycles. The standard InChI is InChI=1S/C42H30N2O2/c45-41-37(43(32-18-6-2-7-19-32)34-22-12-17-31(29-34)30-15-4-1-5-16-30)25-14-26-38(41)44(33-20-8-3-9-21-33)39-27-13-24-36-35-23-10-11-28-40(35)46-42(36)39/h1-29,45H. The quantitative estimate of drug-likeness (QED) is 0.199. The maximum absolute atomic E-state index is 12.4. The van der Waals surface area contributed by atoms with Gasteiger partial charge in [-0.3, -0.25) is 0 Å². The Morgan fingerprint density at radius 2 is 0.891 bits per heavy atom. The van der Waals surface area contributed by atoms with Crippen molar-refractivity contribution in [1.29, 1.82) is 0 Å². The van der Waals surface area contributed by atoms with Crippen molar-refractivity contribution in [3.8, 4) is 16.9 Å². The first-order valence-electron chi connectivity index (χ1n) is 15.3. The predicted octanol–water partition coefficient (Wildman–Crippen LogP) is 11.9. The lowest BCUT2D eigenvalue weighted by molar-refractivity contribution is 0.478. The summed E-state index contributed by atoms with van der Waals surface area (Å²) in [5.74, 6) is 0.147. The second-order valence-electron chi connectivity index (χ2n) is 11.2. The van der Waals surface area contributed by atoms with Crippen LogP contribution in [0.5, 0.6) is 5.75 Å².